The fraction of sp³-hybridized carbons (Fsp3) is 0.700. The van der Waals surface area contributed by atoms with E-state index >= 15 is 0 Å². The highest BCUT2D eigenvalue weighted by molar-refractivity contribution is 5.42. The topological polar surface area (TPSA) is 46.9 Å². The molecule has 0 aromatic heterocycles. The molecular formula is C20H32N2O2. The van der Waals surface area contributed by atoms with Gasteiger partial charge in [0.05, 0.1) is 0 Å². The molecule has 4 nitrogen and oxygen atoms in total. The second kappa shape index (κ2) is 7.85. The third-order valence-corrected chi connectivity index (χ3v) is 5.83. The molecular weight excluding hydrogens is 300 g/mol. The molecule has 1 saturated heterocycles. The Balaban J connectivity index is 1.65. The van der Waals surface area contributed by atoms with E-state index in [0.717, 1.165) is 49.8 Å². The van der Waals surface area contributed by atoms with Crippen molar-refractivity contribution < 1.29 is 10.2 Å². The fourth-order valence-corrected chi connectivity index (χ4v) is 4.60. The van der Waals surface area contributed by atoms with Gasteiger partial charge in [0.2, 0.25) is 0 Å². The molecule has 2 aliphatic rings. The van der Waals surface area contributed by atoms with Crippen LogP contribution < -0.4 is 0 Å². The highest BCUT2D eigenvalue weighted by atomic mass is 16.3. The second-order valence-electron chi connectivity index (χ2n) is 7.66. The lowest BCUT2D eigenvalue weighted by atomic mass is 10.0. The van der Waals surface area contributed by atoms with Crippen LogP contribution in [0.5, 0.6) is 5.75 Å². The van der Waals surface area contributed by atoms with Crippen molar-refractivity contribution in [2.45, 2.75) is 64.6 Å². The van der Waals surface area contributed by atoms with Crippen LogP contribution in [-0.4, -0.2) is 58.3 Å². The van der Waals surface area contributed by atoms with Gasteiger partial charge < -0.3 is 10.2 Å². The van der Waals surface area contributed by atoms with E-state index in [1.165, 1.54) is 31.2 Å². The highest BCUT2D eigenvalue weighted by Crippen LogP contribution is 2.29. The van der Waals surface area contributed by atoms with Crippen molar-refractivity contribution in [1.82, 2.24) is 9.80 Å². The average molecular weight is 332 g/mol. The lowest BCUT2D eigenvalue weighted by molar-refractivity contribution is 0.0267. The molecule has 2 fully saturated rings. The van der Waals surface area contributed by atoms with Gasteiger partial charge >= 0.3 is 0 Å². The van der Waals surface area contributed by atoms with Gasteiger partial charge in [0.1, 0.15) is 5.75 Å². The molecule has 1 heterocycles. The van der Waals surface area contributed by atoms with E-state index in [0.29, 0.717) is 11.8 Å². The summed E-state index contributed by atoms with van der Waals surface area (Å²) in [5, 5.41) is 19.4. The highest BCUT2D eigenvalue weighted by Gasteiger charge is 2.32. The lowest BCUT2D eigenvalue weighted by Gasteiger charge is -2.44. The molecule has 24 heavy (non-hydrogen) atoms. The van der Waals surface area contributed by atoms with Gasteiger partial charge in [-0.3, -0.25) is 9.80 Å². The monoisotopic (exact) mass is 332 g/mol. The molecule has 1 aromatic carbocycles. The standard InChI is InChI=1S/C20H32N2O2/c1-15-11-17(12-16(2)20(15)24)13-21-8-9-22(18-5-3-4-6-18)19(14-21)7-10-23/h11-12,18-19,23-24H,3-10,13-14H2,1-2H3/t19-/m1/s1. The number of aryl methyl sites for hydroxylation is 2. The second-order valence-corrected chi connectivity index (χ2v) is 7.66. The molecule has 1 aromatic rings. The Morgan fingerprint density at radius 3 is 2.38 bits per heavy atom. The first-order valence-electron chi connectivity index (χ1n) is 9.46. The molecule has 4 heteroatoms. The van der Waals surface area contributed by atoms with E-state index in [1.807, 2.05) is 13.8 Å². The molecule has 1 atom stereocenters. The van der Waals surface area contributed by atoms with Gasteiger partial charge in [-0.2, -0.15) is 0 Å². The third kappa shape index (κ3) is 3.93. The van der Waals surface area contributed by atoms with Gasteiger partial charge in [-0.05, 0) is 49.8 Å². The lowest BCUT2D eigenvalue weighted by Crippen LogP contribution is -2.56. The summed E-state index contributed by atoms with van der Waals surface area (Å²) in [5.74, 6) is 0.419. The number of phenolic OH excluding ortho intramolecular Hbond substituents is 1. The molecule has 0 radical (unpaired) electrons. The smallest absolute Gasteiger partial charge is 0.121 e. The van der Waals surface area contributed by atoms with E-state index in [-0.39, 0.29) is 6.61 Å². The van der Waals surface area contributed by atoms with Gasteiger partial charge in [0, 0.05) is 44.9 Å². The molecule has 1 aliphatic heterocycles. The van der Waals surface area contributed by atoms with Crippen LogP contribution in [0.4, 0.5) is 0 Å². The Bertz CT molecular complexity index is 532. The van der Waals surface area contributed by atoms with Crippen molar-refractivity contribution in [3.63, 3.8) is 0 Å². The van der Waals surface area contributed by atoms with Crippen LogP contribution in [0.3, 0.4) is 0 Å². The maximum atomic E-state index is 9.96. The van der Waals surface area contributed by atoms with Gasteiger partial charge in [-0.25, -0.2) is 0 Å². The summed E-state index contributed by atoms with van der Waals surface area (Å²) in [6.07, 6.45) is 6.27. The Morgan fingerprint density at radius 2 is 1.75 bits per heavy atom. The average Bonchev–Trinajstić information content (AvgIpc) is 3.07. The Morgan fingerprint density at radius 1 is 1.08 bits per heavy atom. The van der Waals surface area contributed by atoms with E-state index in [9.17, 15) is 10.2 Å². The van der Waals surface area contributed by atoms with Gasteiger partial charge in [0.25, 0.3) is 0 Å². The normalized spacial score (nSPS) is 23.9. The van der Waals surface area contributed by atoms with Crippen LogP contribution in [0.2, 0.25) is 0 Å². The van der Waals surface area contributed by atoms with E-state index in [1.54, 1.807) is 0 Å². The number of hydrogen-bond acceptors (Lipinski definition) is 4. The molecule has 1 aliphatic carbocycles. The summed E-state index contributed by atoms with van der Waals surface area (Å²) in [5.41, 5.74) is 3.20. The number of aromatic hydroxyl groups is 1. The molecule has 0 spiro atoms. The molecule has 3 rings (SSSR count). The summed E-state index contributed by atoms with van der Waals surface area (Å²) >= 11 is 0. The van der Waals surface area contributed by atoms with Crippen molar-refractivity contribution >= 4 is 0 Å². The predicted molar refractivity (Wildman–Crippen MR) is 97.3 cm³/mol. The van der Waals surface area contributed by atoms with Crippen molar-refractivity contribution in [3.05, 3.63) is 28.8 Å². The molecule has 134 valence electrons. The number of aliphatic hydroxyl groups is 1. The number of phenols is 1. The first-order valence-corrected chi connectivity index (χ1v) is 9.46. The summed E-state index contributed by atoms with van der Waals surface area (Å²) in [7, 11) is 0. The van der Waals surface area contributed by atoms with Crippen molar-refractivity contribution in [2.24, 2.45) is 0 Å². The Labute approximate surface area is 146 Å². The summed E-state index contributed by atoms with van der Waals surface area (Å²) in [4.78, 5) is 5.18. The van der Waals surface area contributed by atoms with E-state index in [2.05, 4.69) is 21.9 Å². The van der Waals surface area contributed by atoms with Crippen LogP contribution in [0.25, 0.3) is 0 Å². The molecule has 0 amide bonds. The number of hydrogen-bond donors (Lipinski definition) is 2. The quantitative estimate of drug-likeness (QED) is 0.870. The van der Waals surface area contributed by atoms with Crippen molar-refractivity contribution in [3.8, 4) is 5.75 Å². The molecule has 2 N–H and O–H groups in total. The maximum absolute atomic E-state index is 9.96. The summed E-state index contributed by atoms with van der Waals surface area (Å²) < 4.78 is 0. The zero-order valence-electron chi connectivity index (χ0n) is 15.2. The fourth-order valence-electron chi connectivity index (χ4n) is 4.60. The van der Waals surface area contributed by atoms with Crippen LogP contribution in [0, 0.1) is 13.8 Å². The minimum absolute atomic E-state index is 0.277. The first-order chi connectivity index (χ1) is 11.6. The first kappa shape index (κ1) is 17.7. The Kier molecular flexibility index (Phi) is 5.80. The third-order valence-electron chi connectivity index (χ3n) is 5.83. The largest absolute Gasteiger partial charge is 0.507 e. The van der Waals surface area contributed by atoms with E-state index < -0.39 is 0 Å². The zero-order chi connectivity index (χ0) is 17.1. The zero-order valence-corrected chi connectivity index (χ0v) is 15.2. The van der Waals surface area contributed by atoms with Crippen LogP contribution in [-0.2, 0) is 6.54 Å². The number of benzene rings is 1. The molecule has 1 saturated carbocycles. The SMILES string of the molecule is Cc1cc(CN2CCN(C3CCCC3)[C@H](CCO)C2)cc(C)c1O. The van der Waals surface area contributed by atoms with Gasteiger partial charge in [-0.1, -0.05) is 25.0 Å². The number of aliphatic hydroxyl groups excluding tert-OH is 1. The minimum atomic E-state index is 0.277. The predicted octanol–water partition coefficient (Wildman–Crippen LogP) is 2.82. The van der Waals surface area contributed by atoms with Crippen LogP contribution >= 0.6 is 0 Å². The van der Waals surface area contributed by atoms with Gasteiger partial charge in [-0.15, -0.1) is 0 Å². The maximum Gasteiger partial charge on any atom is 0.121 e. The molecule has 0 bridgehead atoms. The minimum Gasteiger partial charge on any atom is -0.507 e. The number of rotatable bonds is 5. The van der Waals surface area contributed by atoms with Crippen molar-refractivity contribution in [2.75, 3.05) is 26.2 Å². The summed E-state index contributed by atoms with van der Waals surface area (Å²) in [6.45, 7) is 8.40. The van der Waals surface area contributed by atoms with Gasteiger partial charge in [0.15, 0.2) is 0 Å². The Hall–Kier alpha value is -1.10. The van der Waals surface area contributed by atoms with E-state index in [4.69, 9.17) is 0 Å². The van der Waals surface area contributed by atoms with Crippen molar-refractivity contribution in [1.29, 1.82) is 0 Å². The van der Waals surface area contributed by atoms with Crippen LogP contribution in [0.15, 0.2) is 12.1 Å². The molecule has 0 unspecified atom stereocenters. The summed E-state index contributed by atoms with van der Waals surface area (Å²) in [6, 6.07) is 5.42. The number of nitrogens with zero attached hydrogens (tertiary/aromatic N) is 2. The number of piperazine rings is 1. The van der Waals surface area contributed by atoms with Crippen LogP contribution in [0.1, 0.15) is 48.8 Å².